The molecule has 0 saturated carbocycles. The Kier molecular flexibility index (Phi) is 5.22. The highest BCUT2D eigenvalue weighted by Crippen LogP contribution is 2.16. The standard InChI is InChI=1S/C20H17FN2O3/c1-26-20(25)17(12-13-5-2-8-15(21)11-13)23-19(24)16-9-3-6-14-7-4-10-22-18(14)16/h2-11,17H,12H2,1H3,(H,23,24)/t17-/m0/s1. The first-order valence-electron chi connectivity index (χ1n) is 8.05. The van der Waals surface area contributed by atoms with Crippen molar-refractivity contribution >= 4 is 22.8 Å². The predicted octanol–water partition coefficient (Wildman–Crippen LogP) is 2.89. The SMILES string of the molecule is COC(=O)[C@H](Cc1cccc(F)c1)NC(=O)c1cccc2cccnc12. The molecule has 3 aromatic rings. The average Bonchev–Trinajstić information content (AvgIpc) is 2.66. The third kappa shape index (κ3) is 3.85. The van der Waals surface area contributed by atoms with Crippen molar-refractivity contribution in [1.29, 1.82) is 0 Å². The Bertz CT molecular complexity index is 953. The van der Waals surface area contributed by atoms with Crippen LogP contribution in [0.5, 0.6) is 0 Å². The minimum atomic E-state index is -0.937. The number of benzene rings is 2. The molecule has 3 rings (SSSR count). The maximum Gasteiger partial charge on any atom is 0.328 e. The quantitative estimate of drug-likeness (QED) is 0.717. The first kappa shape index (κ1) is 17.5. The molecule has 0 spiro atoms. The lowest BCUT2D eigenvalue weighted by Gasteiger charge is -2.17. The van der Waals surface area contributed by atoms with Crippen LogP contribution in [0.1, 0.15) is 15.9 Å². The van der Waals surface area contributed by atoms with Crippen molar-refractivity contribution in [3.05, 3.63) is 77.7 Å². The summed E-state index contributed by atoms with van der Waals surface area (Å²) in [7, 11) is 1.24. The van der Waals surface area contributed by atoms with Gasteiger partial charge in [0.15, 0.2) is 0 Å². The number of pyridine rings is 1. The highest BCUT2D eigenvalue weighted by atomic mass is 19.1. The minimum Gasteiger partial charge on any atom is -0.467 e. The fourth-order valence-electron chi connectivity index (χ4n) is 2.76. The number of hydrogen-bond donors (Lipinski definition) is 1. The number of halogens is 1. The molecular formula is C20H17FN2O3. The summed E-state index contributed by atoms with van der Waals surface area (Å²) in [6, 6.07) is 13.8. The second-order valence-electron chi connectivity index (χ2n) is 5.76. The zero-order chi connectivity index (χ0) is 18.5. The van der Waals surface area contributed by atoms with Crippen LogP contribution in [0.15, 0.2) is 60.8 Å². The smallest absolute Gasteiger partial charge is 0.328 e. The molecule has 0 aliphatic carbocycles. The van der Waals surface area contributed by atoms with E-state index in [1.54, 1.807) is 36.5 Å². The lowest BCUT2D eigenvalue weighted by atomic mass is 10.0. The van der Waals surface area contributed by atoms with Gasteiger partial charge >= 0.3 is 5.97 Å². The van der Waals surface area contributed by atoms with Gasteiger partial charge in [0, 0.05) is 18.0 Å². The number of hydrogen-bond acceptors (Lipinski definition) is 4. The summed E-state index contributed by atoms with van der Waals surface area (Å²) in [4.78, 5) is 29.0. The van der Waals surface area contributed by atoms with E-state index in [4.69, 9.17) is 4.74 Å². The van der Waals surface area contributed by atoms with Crippen LogP contribution in [0.4, 0.5) is 4.39 Å². The summed E-state index contributed by atoms with van der Waals surface area (Å²) in [5.74, 6) is -1.45. The summed E-state index contributed by atoms with van der Waals surface area (Å²) in [5, 5.41) is 3.49. The summed E-state index contributed by atoms with van der Waals surface area (Å²) in [6.07, 6.45) is 1.72. The van der Waals surface area contributed by atoms with E-state index >= 15 is 0 Å². The molecule has 0 aliphatic heterocycles. The highest BCUT2D eigenvalue weighted by Gasteiger charge is 2.23. The van der Waals surface area contributed by atoms with Crippen LogP contribution in [-0.4, -0.2) is 30.0 Å². The molecule has 132 valence electrons. The molecule has 2 aromatic carbocycles. The normalized spacial score (nSPS) is 11.8. The molecule has 1 aromatic heterocycles. The van der Waals surface area contributed by atoms with Gasteiger partial charge in [-0.3, -0.25) is 9.78 Å². The molecule has 26 heavy (non-hydrogen) atoms. The fourth-order valence-corrected chi connectivity index (χ4v) is 2.76. The van der Waals surface area contributed by atoms with E-state index < -0.39 is 23.7 Å². The molecule has 0 saturated heterocycles. The Morgan fingerprint density at radius 3 is 2.69 bits per heavy atom. The van der Waals surface area contributed by atoms with Crippen molar-refractivity contribution < 1.29 is 18.7 Å². The predicted molar refractivity (Wildman–Crippen MR) is 95.1 cm³/mol. The van der Waals surface area contributed by atoms with Crippen LogP contribution in [0.25, 0.3) is 10.9 Å². The number of rotatable bonds is 5. The van der Waals surface area contributed by atoms with Crippen molar-refractivity contribution in [1.82, 2.24) is 10.3 Å². The Balaban J connectivity index is 1.86. The Morgan fingerprint density at radius 2 is 1.92 bits per heavy atom. The van der Waals surface area contributed by atoms with Gasteiger partial charge in [-0.2, -0.15) is 0 Å². The van der Waals surface area contributed by atoms with Crippen LogP contribution in [0.2, 0.25) is 0 Å². The maximum absolute atomic E-state index is 13.4. The van der Waals surface area contributed by atoms with E-state index in [-0.39, 0.29) is 6.42 Å². The van der Waals surface area contributed by atoms with Gasteiger partial charge in [-0.05, 0) is 29.8 Å². The van der Waals surface area contributed by atoms with E-state index in [0.717, 1.165) is 5.39 Å². The van der Waals surface area contributed by atoms with Gasteiger partial charge < -0.3 is 10.1 Å². The van der Waals surface area contributed by atoms with Crippen molar-refractivity contribution in [2.24, 2.45) is 0 Å². The van der Waals surface area contributed by atoms with Crippen LogP contribution >= 0.6 is 0 Å². The zero-order valence-electron chi connectivity index (χ0n) is 14.1. The molecule has 1 atom stereocenters. The number of nitrogens with one attached hydrogen (secondary N) is 1. The molecule has 6 heteroatoms. The molecule has 0 radical (unpaired) electrons. The minimum absolute atomic E-state index is 0.119. The second kappa shape index (κ2) is 7.74. The van der Waals surface area contributed by atoms with Crippen LogP contribution < -0.4 is 5.32 Å². The average molecular weight is 352 g/mol. The van der Waals surface area contributed by atoms with E-state index in [9.17, 15) is 14.0 Å². The van der Waals surface area contributed by atoms with Crippen molar-refractivity contribution in [3.8, 4) is 0 Å². The topological polar surface area (TPSA) is 68.3 Å². The molecule has 1 N–H and O–H groups in total. The number of nitrogens with zero attached hydrogens (tertiary/aromatic N) is 1. The number of methoxy groups -OCH3 is 1. The molecule has 0 aliphatic rings. The van der Waals surface area contributed by atoms with E-state index in [1.165, 1.54) is 19.2 Å². The van der Waals surface area contributed by atoms with E-state index in [1.807, 2.05) is 12.1 Å². The molecule has 0 unspecified atom stereocenters. The summed E-state index contributed by atoms with van der Waals surface area (Å²) < 4.78 is 18.2. The largest absolute Gasteiger partial charge is 0.467 e. The van der Waals surface area contributed by atoms with Crippen molar-refractivity contribution in [3.63, 3.8) is 0 Å². The van der Waals surface area contributed by atoms with Gasteiger partial charge in [-0.25, -0.2) is 9.18 Å². The van der Waals surface area contributed by atoms with Crippen LogP contribution in [0, 0.1) is 5.82 Å². The van der Waals surface area contributed by atoms with Crippen molar-refractivity contribution in [2.75, 3.05) is 7.11 Å². The Hall–Kier alpha value is -3.28. The molecule has 1 heterocycles. The van der Waals surface area contributed by atoms with Gasteiger partial charge in [0.1, 0.15) is 11.9 Å². The fraction of sp³-hybridized carbons (Fsp3) is 0.150. The summed E-state index contributed by atoms with van der Waals surface area (Å²) in [6.45, 7) is 0. The monoisotopic (exact) mass is 352 g/mol. The number of esters is 1. The Labute approximate surface area is 149 Å². The van der Waals surface area contributed by atoms with Crippen LogP contribution in [-0.2, 0) is 16.0 Å². The molecule has 1 amide bonds. The highest BCUT2D eigenvalue weighted by molar-refractivity contribution is 6.06. The molecule has 5 nitrogen and oxygen atoms in total. The number of ether oxygens (including phenoxy) is 1. The second-order valence-corrected chi connectivity index (χ2v) is 5.76. The van der Waals surface area contributed by atoms with Gasteiger partial charge in [0.25, 0.3) is 5.91 Å². The summed E-state index contributed by atoms with van der Waals surface area (Å²) >= 11 is 0. The first-order chi connectivity index (χ1) is 12.6. The molecular weight excluding hydrogens is 335 g/mol. The van der Waals surface area contributed by atoms with E-state index in [0.29, 0.717) is 16.6 Å². The van der Waals surface area contributed by atoms with Gasteiger partial charge in [0.2, 0.25) is 0 Å². The first-order valence-corrected chi connectivity index (χ1v) is 8.05. The van der Waals surface area contributed by atoms with Gasteiger partial charge in [-0.15, -0.1) is 0 Å². The zero-order valence-corrected chi connectivity index (χ0v) is 14.1. The number of para-hydroxylation sites is 1. The molecule has 0 fully saturated rings. The number of fused-ring (bicyclic) bond motifs is 1. The van der Waals surface area contributed by atoms with Crippen molar-refractivity contribution in [2.45, 2.75) is 12.5 Å². The Morgan fingerprint density at radius 1 is 1.15 bits per heavy atom. The molecule has 0 bridgehead atoms. The third-order valence-corrected chi connectivity index (χ3v) is 4.00. The summed E-state index contributed by atoms with van der Waals surface area (Å²) in [5.41, 5.74) is 1.48. The number of amides is 1. The maximum atomic E-state index is 13.4. The van der Waals surface area contributed by atoms with Gasteiger partial charge in [0.05, 0.1) is 18.2 Å². The van der Waals surface area contributed by atoms with Gasteiger partial charge in [-0.1, -0.05) is 30.3 Å². The number of carbonyl (C=O) groups excluding carboxylic acids is 2. The number of carbonyl (C=O) groups is 2. The lowest BCUT2D eigenvalue weighted by molar-refractivity contribution is -0.142. The third-order valence-electron chi connectivity index (χ3n) is 4.00. The lowest BCUT2D eigenvalue weighted by Crippen LogP contribution is -2.43. The van der Waals surface area contributed by atoms with Crippen LogP contribution in [0.3, 0.4) is 0 Å². The number of aromatic nitrogens is 1. The van der Waals surface area contributed by atoms with E-state index in [2.05, 4.69) is 10.3 Å².